The summed E-state index contributed by atoms with van der Waals surface area (Å²) in [6.45, 7) is 0.569. The Hall–Kier alpha value is -1.46. The Morgan fingerprint density at radius 2 is 1.70 bits per heavy atom. The molecule has 1 aromatic rings. The predicted octanol–water partition coefficient (Wildman–Crippen LogP) is 2.68. The van der Waals surface area contributed by atoms with Crippen LogP contribution in [0.1, 0.15) is 31.2 Å². The zero-order chi connectivity index (χ0) is 14.4. The van der Waals surface area contributed by atoms with Gasteiger partial charge in [0.15, 0.2) is 11.5 Å². The molecule has 1 fully saturated rings. The van der Waals surface area contributed by atoms with Crippen LogP contribution in [0.5, 0.6) is 17.2 Å². The normalized spacial score (nSPS) is 15.3. The third kappa shape index (κ3) is 3.35. The minimum atomic E-state index is 0.334. The molecule has 1 saturated carbocycles. The van der Waals surface area contributed by atoms with Crippen molar-refractivity contribution in [3.8, 4) is 17.2 Å². The first-order chi connectivity index (χ1) is 9.80. The summed E-state index contributed by atoms with van der Waals surface area (Å²) in [7, 11) is 4.84. The van der Waals surface area contributed by atoms with Crippen molar-refractivity contribution in [2.24, 2.45) is 0 Å². The van der Waals surface area contributed by atoms with E-state index in [-0.39, 0.29) is 0 Å². The van der Waals surface area contributed by atoms with Crippen molar-refractivity contribution in [1.82, 2.24) is 5.48 Å². The number of hydrogen-bond acceptors (Lipinski definition) is 5. The molecule has 0 aliphatic heterocycles. The lowest BCUT2D eigenvalue weighted by molar-refractivity contribution is -0.0246. The zero-order valence-corrected chi connectivity index (χ0v) is 12.4. The monoisotopic (exact) mass is 281 g/mol. The fraction of sp³-hybridized carbons (Fsp3) is 0.600. The van der Waals surface area contributed by atoms with Gasteiger partial charge in [0, 0.05) is 12.1 Å². The van der Waals surface area contributed by atoms with Crippen LogP contribution in [0.3, 0.4) is 0 Å². The van der Waals surface area contributed by atoms with Crippen molar-refractivity contribution in [1.29, 1.82) is 0 Å². The number of methoxy groups -OCH3 is 3. The van der Waals surface area contributed by atoms with Crippen LogP contribution >= 0.6 is 0 Å². The highest BCUT2D eigenvalue weighted by molar-refractivity contribution is 5.55. The van der Waals surface area contributed by atoms with Gasteiger partial charge in [-0.3, -0.25) is 4.84 Å². The molecule has 2 rings (SSSR count). The average Bonchev–Trinajstić information content (AvgIpc) is 2.99. The van der Waals surface area contributed by atoms with Crippen LogP contribution in [0, 0.1) is 0 Å². The molecule has 5 heteroatoms. The van der Waals surface area contributed by atoms with Crippen molar-refractivity contribution in [3.63, 3.8) is 0 Å². The summed E-state index contributed by atoms with van der Waals surface area (Å²) in [5, 5.41) is 0. The molecule has 0 amide bonds. The van der Waals surface area contributed by atoms with Crippen molar-refractivity contribution in [2.75, 3.05) is 21.3 Å². The molecule has 20 heavy (non-hydrogen) atoms. The van der Waals surface area contributed by atoms with E-state index in [1.807, 2.05) is 12.1 Å². The summed E-state index contributed by atoms with van der Waals surface area (Å²) in [5.41, 5.74) is 4.01. The first kappa shape index (κ1) is 14.9. The van der Waals surface area contributed by atoms with Gasteiger partial charge in [-0.2, -0.15) is 5.48 Å². The van der Waals surface area contributed by atoms with E-state index in [9.17, 15) is 0 Å². The molecule has 1 N–H and O–H groups in total. The van der Waals surface area contributed by atoms with Crippen molar-refractivity contribution >= 4 is 0 Å². The minimum absolute atomic E-state index is 0.334. The van der Waals surface area contributed by atoms with Gasteiger partial charge in [0.1, 0.15) is 0 Å². The Labute approximate surface area is 120 Å². The highest BCUT2D eigenvalue weighted by Gasteiger charge is 2.18. The van der Waals surface area contributed by atoms with Gasteiger partial charge in [0.2, 0.25) is 5.75 Å². The van der Waals surface area contributed by atoms with Gasteiger partial charge in [0.25, 0.3) is 0 Å². The summed E-state index contributed by atoms with van der Waals surface area (Å²) in [4.78, 5) is 5.66. The zero-order valence-electron chi connectivity index (χ0n) is 12.4. The molecule has 0 unspecified atom stereocenters. The molecule has 5 nitrogen and oxygen atoms in total. The van der Waals surface area contributed by atoms with Crippen LogP contribution in [0.2, 0.25) is 0 Å². The number of ether oxygens (including phenoxy) is 3. The molecule has 0 atom stereocenters. The SMILES string of the molecule is COc1ccc(CNOC2CCCC2)c(OC)c1OC. The maximum Gasteiger partial charge on any atom is 0.203 e. The molecule has 0 bridgehead atoms. The van der Waals surface area contributed by atoms with E-state index in [0.29, 0.717) is 29.9 Å². The largest absolute Gasteiger partial charge is 0.493 e. The summed E-state index contributed by atoms with van der Waals surface area (Å²) in [6, 6.07) is 3.82. The van der Waals surface area contributed by atoms with E-state index < -0.39 is 0 Å². The van der Waals surface area contributed by atoms with Crippen molar-refractivity contribution < 1.29 is 19.0 Å². The quantitative estimate of drug-likeness (QED) is 0.779. The second kappa shape index (κ2) is 7.36. The summed E-state index contributed by atoms with van der Waals surface area (Å²) >= 11 is 0. The Bertz CT molecular complexity index is 430. The summed E-state index contributed by atoms with van der Waals surface area (Å²) in [5.74, 6) is 1.94. The molecule has 1 aliphatic carbocycles. The number of benzene rings is 1. The van der Waals surface area contributed by atoms with Crippen molar-refractivity contribution in [2.45, 2.75) is 38.3 Å². The Morgan fingerprint density at radius 3 is 2.30 bits per heavy atom. The summed E-state index contributed by atoms with van der Waals surface area (Å²) in [6.07, 6.45) is 5.12. The molecule has 0 radical (unpaired) electrons. The van der Waals surface area contributed by atoms with Crippen LogP contribution in [-0.2, 0) is 11.4 Å². The van der Waals surface area contributed by atoms with Gasteiger partial charge in [-0.1, -0.05) is 12.8 Å². The van der Waals surface area contributed by atoms with Crippen LogP contribution in [0.4, 0.5) is 0 Å². The van der Waals surface area contributed by atoms with E-state index in [4.69, 9.17) is 19.0 Å². The fourth-order valence-corrected chi connectivity index (χ4v) is 2.55. The molecule has 0 spiro atoms. The van der Waals surface area contributed by atoms with E-state index in [1.165, 1.54) is 12.8 Å². The van der Waals surface area contributed by atoms with Gasteiger partial charge in [-0.05, 0) is 25.0 Å². The smallest absolute Gasteiger partial charge is 0.203 e. The molecule has 112 valence electrons. The molecule has 1 aliphatic rings. The highest BCUT2D eigenvalue weighted by Crippen LogP contribution is 2.39. The first-order valence-corrected chi connectivity index (χ1v) is 6.96. The molecule has 0 aromatic heterocycles. The van der Waals surface area contributed by atoms with E-state index in [2.05, 4.69) is 5.48 Å². The van der Waals surface area contributed by atoms with Gasteiger partial charge in [-0.25, -0.2) is 0 Å². The maximum absolute atomic E-state index is 5.66. The minimum Gasteiger partial charge on any atom is -0.493 e. The third-order valence-corrected chi connectivity index (χ3v) is 3.60. The predicted molar refractivity (Wildman–Crippen MR) is 76.3 cm³/mol. The van der Waals surface area contributed by atoms with E-state index >= 15 is 0 Å². The van der Waals surface area contributed by atoms with Gasteiger partial charge in [-0.15, -0.1) is 0 Å². The lowest BCUT2D eigenvalue weighted by Gasteiger charge is -2.17. The number of nitrogens with one attached hydrogen (secondary N) is 1. The van der Waals surface area contributed by atoms with Crippen LogP contribution in [0.25, 0.3) is 0 Å². The molecule has 0 saturated heterocycles. The Kier molecular flexibility index (Phi) is 5.49. The number of hydrogen-bond donors (Lipinski definition) is 1. The highest BCUT2D eigenvalue weighted by atomic mass is 16.7. The second-order valence-corrected chi connectivity index (χ2v) is 4.84. The molecule has 1 aromatic carbocycles. The summed E-state index contributed by atoms with van der Waals surface area (Å²) < 4.78 is 16.1. The first-order valence-electron chi connectivity index (χ1n) is 6.96. The number of hydroxylamine groups is 1. The van der Waals surface area contributed by atoms with Gasteiger partial charge in [0.05, 0.1) is 27.4 Å². The van der Waals surface area contributed by atoms with Gasteiger partial charge < -0.3 is 14.2 Å². The number of rotatable bonds is 7. The van der Waals surface area contributed by atoms with E-state index in [1.54, 1.807) is 21.3 Å². The van der Waals surface area contributed by atoms with E-state index in [0.717, 1.165) is 18.4 Å². The Balaban J connectivity index is 2.02. The fourth-order valence-electron chi connectivity index (χ4n) is 2.55. The average molecular weight is 281 g/mol. The van der Waals surface area contributed by atoms with Crippen LogP contribution in [-0.4, -0.2) is 27.4 Å². The topological polar surface area (TPSA) is 49.0 Å². The molecular weight excluding hydrogens is 258 g/mol. The standard InChI is InChI=1S/C15H23NO4/c1-17-13-9-8-11(14(18-2)15(13)19-3)10-16-20-12-6-4-5-7-12/h8-9,12,16H,4-7,10H2,1-3H3. The third-order valence-electron chi connectivity index (χ3n) is 3.60. The maximum atomic E-state index is 5.66. The molecule has 0 heterocycles. The lowest BCUT2D eigenvalue weighted by atomic mass is 10.1. The van der Waals surface area contributed by atoms with Gasteiger partial charge >= 0.3 is 0 Å². The Morgan fingerprint density at radius 1 is 1.00 bits per heavy atom. The molecular formula is C15H23NO4. The van der Waals surface area contributed by atoms with Crippen LogP contribution < -0.4 is 19.7 Å². The van der Waals surface area contributed by atoms with Crippen LogP contribution in [0.15, 0.2) is 12.1 Å². The lowest BCUT2D eigenvalue weighted by Crippen LogP contribution is -2.21. The van der Waals surface area contributed by atoms with Crippen molar-refractivity contribution in [3.05, 3.63) is 17.7 Å². The second-order valence-electron chi connectivity index (χ2n) is 4.84.